The first-order valence-electron chi connectivity index (χ1n) is 10.6. The maximum absolute atomic E-state index is 13.0. The van der Waals surface area contributed by atoms with Crippen LogP contribution in [0.5, 0.6) is 0 Å². The fourth-order valence-corrected chi connectivity index (χ4v) is 3.95. The second kappa shape index (κ2) is 11.2. The summed E-state index contributed by atoms with van der Waals surface area (Å²) in [5, 5.41) is 18.0. The fraction of sp³-hybridized carbons (Fsp3) is 0.619. The number of anilines is 1. The van der Waals surface area contributed by atoms with Crippen molar-refractivity contribution in [3.05, 3.63) is 30.1 Å². The van der Waals surface area contributed by atoms with Crippen LogP contribution in [0.1, 0.15) is 32.1 Å². The summed E-state index contributed by atoms with van der Waals surface area (Å²) >= 11 is 0. The van der Waals surface area contributed by atoms with Crippen molar-refractivity contribution >= 4 is 17.6 Å². The second-order valence-electron chi connectivity index (χ2n) is 7.87. The summed E-state index contributed by atoms with van der Waals surface area (Å²) < 4.78 is 18.8. The first kappa shape index (κ1) is 22.5. The van der Waals surface area contributed by atoms with Crippen LogP contribution >= 0.6 is 0 Å². The highest BCUT2D eigenvalue weighted by Gasteiger charge is 2.32. The maximum Gasteiger partial charge on any atom is 0.319 e. The number of hydrogen-bond acceptors (Lipinski definition) is 5. The van der Waals surface area contributed by atoms with Gasteiger partial charge in [-0.15, -0.1) is 0 Å². The Balaban J connectivity index is 1.38. The number of aliphatic hydroxyl groups is 1. The van der Waals surface area contributed by atoms with Crippen molar-refractivity contribution in [2.45, 2.75) is 50.4 Å². The summed E-state index contributed by atoms with van der Waals surface area (Å²) in [5.41, 5.74) is 0.467. The van der Waals surface area contributed by atoms with E-state index in [0.717, 1.165) is 19.6 Å². The number of aliphatic hydroxyl groups excluding tert-OH is 1. The Labute approximate surface area is 176 Å². The summed E-state index contributed by atoms with van der Waals surface area (Å²) in [6, 6.07) is 4.63. The number of urea groups is 1. The number of nitrogens with one attached hydrogen (secondary N) is 3. The molecule has 3 atom stereocenters. The molecule has 2 fully saturated rings. The van der Waals surface area contributed by atoms with E-state index in [9.17, 15) is 19.1 Å². The van der Waals surface area contributed by atoms with Gasteiger partial charge in [0.1, 0.15) is 11.9 Å². The van der Waals surface area contributed by atoms with Crippen LogP contribution in [-0.2, 0) is 9.53 Å². The highest BCUT2D eigenvalue weighted by molar-refractivity contribution is 5.89. The molecule has 0 radical (unpaired) electrons. The molecule has 9 heteroatoms. The topological polar surface area (TPSA) is 103 Å². The molecular weight excluding hydrogens is 391 g/mol. The molecule has 3 amide bonds. The Morgan fingerprint density at radius 3 is 2.60 bits per heavy atom. The first-order chi connectivity index (χ1) is 14.5. The molecule has 2 saturated heterocycles. The predicted octanol–water partition coefficient (Wildman–Crippen LogP) is 1.46. The van der Waals surface area contributed by atoms with E-state index >= 15 is 0 Å². The normalized spacial score (nSPS) is 24.4. The van der Waals surface area contributed by atoms with E-state index < -0.39 is 12.1 Å². The molecule has 0 aliphatic carbocycles. The van der Waals surface area contributed by atoms with E-state index in [2.05, 4.69) is 20.9 Å². The number of nitrogens with zero attached hydrogens (tertiary/aromatic N) is 1. The average molecular weight is 423 g/mol. The third-order valence-corrected chi connectivity index (χ3v) is 5.58. The molecule has 0 saturated carbocycles. The Morgan fingerprint density at radius 2 is 1.90 bits per heavy atom. The van der Waals surface area contributed by atoms with Gasteiger partial charge in [-0.2, -0.15) is 0 Å². The van der Waals surface area contributed by atoms with Gasteiger partial charge in [0.15, 0.2) is 0 Å². The van der Waals surface area contributed by atoms with Crippen molar-refractivity contribution in [2.24, 2.45) is 0 Å². The smallest absolute Gasteiger partial charge is 0.319 e. The van der Waals surface area contributed by atoms with Gasteiger partial charge in [0, 0.05) is 18.8 Å². The van der Waals surface area contributed by atoms with Gasteiger partial charge >= 0.3 is 6.03 Å². The van der Waals surface area contributed by atoms with E-state index in [1.165, 1.54) is 37.1 Å². The molecule has 2 aliphatic rings. The van der Waals surface area contributed by atoms with E-state index in [0.29, 0.717) is 25.1 Å². The zero-order valence-corrected chi connectivity index (χ0v) is 17.1. The van der Waals surface area contributed by atoms with E-state index in [4.69, 9.17) is 4.74 Å². The highest BCUT2D eigenvalue weighted by Crippen LogP contribution is 2.22. The zero-order valence-electron chi connectivity index (χ0n) is 17.1. The van der Waals surface area contributed by atoms with Crippen LogP contribution in [-0.4, -0.2) is 73.0 Å². The fourth-order valence-electron chi connectivity index (χ4n) is 3.95. The van der Waals surface area contributed by atoms with Gasteiger partial charge in [-0.25, -0.2) is 9.18 Å². The van der Waals surface area contributed by atoms with Crippen LogP contribution in [0.25, 0.3) is 0 Å². The SMILES string of the molecule is O=C(C[C@@H]1CC[C@@H](NC(=O)Nc2ccc(F)cc2)[C@@H](CO)O1)NCCN1CCCC1. The Bertz CT molecular complexity index is 697. The van der Waals surface area contributed by atoms with Gasteiger partial charge in [-0.05, 0) is 63.0 Å². The van der Waals surface area contributed by atoms with E-state index in [1.807, 2.05) is 0 Å². The lowest BCUT2D eigenvalue weighted by atomic mass is 9.97. The van der Waals surface area contributed by atoms with Crippen LogP contribution in [0.15, 0.2) is 24.3 Å². The molecule has 1 aromatic carbocycles. The lowest BCUT2D eigenvalue weighted by Crippen LogP contribution is -2.52. The molecule has 8 nitrogen and oxygen atoms in total. The molecule has 1 aromatic rings. The van der Waals surface area contributed by atoms with Crippen molar-refractivity contribution < 1.29 is 23.8 Å². The van der Waals surface area contributed by atoms with E-state index in [1.54, 1.807) is 0 Å². The summed E-state index contributed by atoms with van der Waals surface area (Å²) in [6.07, 6.45) is 3.02. The number of carbonyl (C=O) groups excluding carboxylic acids is 2. The minimum Gasteiger partial charge on any atom is -0.394 e. The van der Waals surface area contributed by atoms with Crippen LogP contribution in [0, 0.1) is 5.82 Å². The second-order valence-corrected chi connectivity index (χ2v) is 7.87. The highest BCUT2D eigenvalue weighted by atomic mass is 19.1. The number of carbonyl (C=O) groups is 2. The Morgan fingerprint density at radius 1 is 1.17 bits per heavy atom. The number of halogens is 1. The van der Waals surface area contributed by atoms with Crippen LogP contribution in [0.2, 0.25) is 0 Å². The van der Waals surface area contributed by atoms with Gasteiger partial charge in [-0.1, -0.05) is 0 Å². The first-order valence-corrected chi connectivity index (χ1v) is 10.6. The molecule has 0 spiro atoms. The molecule has 2 heterocycles. The standard InChI is InChI=1S/C21H31FN4O4/c22-15-3-5-16(6-4-15)24-21(29)25-18-8-7-17(30-19(18)14-27)13-20(28)23-9-12-26-10-1-2-11-26/h3-6,17-19,27H,1-2,7-14H2,(H,23,28)(H2,24,25,29)/t17-,18+,19+/m0/s1. The monoisotopic (exact) mass is 422 g/mol. The molecule has 166 valence electrons. The molecule has 0 aromatic heterocycles. The van der Waals surface area contributed by atoms with Crippen LogP contribution in [0.3, 0.4) is 0 Å². The quantitative estimate of drug-likeness (QED) is 0.508. The molecule has 30 heavy (non-hydrogen) atoms. The zero-order chi connectivity index (χ0) is 21.3. The molecule has 0 bridgehead atoms. The van der Waals surface area contributed by atoms with Crippen molar-refractivity contribution in [1.82, 2.24) is 15.5 Å². The third-order valence-electron chi connectivity index (χ3n) is 5.58. The van der Waals surface area contributed by atoms with Gasteiger partial charge in [0.2, 0.25) is 5.91 Å². The Kier molecular flexibility index (Phi) is 8.41. The van der Waals surface area contributed by atoms with Crippen molar-refractivity contribution in [1.29, 1.82) is 0 Å². The summed E-state index contributed by atoms with van der Waals surface area (Å²) in [5.74, 6) is -0.440. The van der Waals surface area contributed by atoms with Gasteiger partial charge in [-0.3, -0.25) is 4.79 Å². The lowest BCUT2D eigenvalue weighted by Gasteiger charge is -2.36. The largest absolute Gasteiger partial charge is 0.394 e. The molecular formula is C21H31FN4O4. The number of ether oxygens (including phenoxy) is 1. The van der Waals surface area contributed by atoms with Gasteiger partial charge in [0.05, 0.1) is 25.2 Å². The molecule has 0 unspecified atom stereocenters. The lowest BCUT2D eigenvalue weighted by molar-refractivity contribution is -0.130. The van der Waals surface area contributed by atoms with Gasteiger partial charge in [0.25, 0.3) is 0 Å². The van der Waals surface area contributed by atoms with Crippen molar-refractivity contribution in [3.63, 3.8) is 0 Å². The number of benzene rings is 1. The number of amides is 3. The summed E-state index contributed by atoms with van der Waals surface area (Å²) in [4.78, 5) is 26.7. The average Bonchev–Trinajstić information content (AvgIpc) is 3.24. The van der Waals surface area contributed by atoms with Crippen molar-refractivity contribution in [3.8, 4) is 0 Å². The number of rotatable bonds is 8. The van der Waals surface area contributed by atoms with Gasteiger partial charge < -0.3 is 30.7 Å². The minimum absolute atomic E-state index is 0.0589. The minimum atomic E-state index is -0.583. The summed E-state index contributed by atoms with van der Waals surface area (Å²) in [6.45, 7) is 3.44. The maximum atomic E-state index is 13.0. The van der Waals surface area contributed by atoms with Crippen LogP contribution < -0.4 is 16.0 Å². The number of hydrogen-bond donors (Lipinski definition) is 4. The van der Waals surface area contributed by atoms with Crippen molar-refractivity contribution in [2.75, 3.05) is 38.1 Å². The third kappa shape index (κ3) is 6.93. The van der Waals surface area contributed by atoms with E-state index in [-0.39, 0.29) is 36.9 Å². The van der Waals surface area contributed by atoms with Crippen LogP contribution in [0.4, 0.5) is 14.9 Å². The molecule has 3 rings (SSSR count). The summed E-state index contributed by atoms with van der Waals surface area (Å²) in [7, 11) is 0. The molecule has 4 N–H and O–H groups in total. The predicted molar refractivity (Wildman–Crippen MR) is 111 cm³/mol. The number of likely N-dealkylation sites (tertiary alicyclic amines) is 1. The molecule has 2 aliphatic heterocycles. The Hall–Kier alpha value is -2.23.